The number of benzene rings is 1. The number of carbonyl (C=O) groups is 2. The van der Waals surface area contributed by atoms with Crippen molar-refractivity contribution in [3.8, 4) is 5.75 Å². The van der Waals surface area contributed by atoms with Crippen molar-refractivity contribution in [3.63, 3.8) is 0 Å². The Labute approximate surface area is 158 Å². The van der Waals surface area contributed by atoms with Crippen LogP contribution in [0.4, 0.5) is 0 Å². The lowest BCUT2D eigenvalue weighted by atomic mass is 10.0. The summed E-state index contributed by atoms with van der Waals surface area (Å²) in [5, 5.41) is 1.98. The smallest absolute Gasteiger partial charge is 0.254 e. The van der Waals surface area contributed by atoms with Crippen LogP contribution in [0.5, 0.6) is 5.75 Å². The molecule has 1 saturated heterocycles. The number of piperazine rings is 1. The molecule has 1 aromatic carbocycles. The third-order valence-electron chi connectivity index (χ3n) is 4.80. The van der Waals surface area contributed by atoms with E-state index < -0.39 is 0 Å². The Hall–Kier alpha value is -2.34. The van der Waals surface area contributed by atoms with E-state index in [4.69, 9.17) is 4.74 Å². The second-order valence-corrected chi connectivity index (χ2v) is 7.60. The first-order valence-corrected chi connectivity index (χ1v) is 9.62. The van der Waals surface area contributed by atoms with Crippen LogP contribution in [0.25, 0.3) is 0 Å². The van der Waals surface area contributed by atoms with Gasteiger partial charge in [0.25, 0.3) is 5.91 Å². The summed E-state index contributed by atoms with van der Waals surface area (Å²) >= 11 is 1.60. The summed E-state index contributed by atoms with van der Waals surface area (Å²) in [6, 6.07) is 7.74. The second-order valence-electron chi connectivity index (χ2n) is 6.57. The average Bonchev–Trinajstić information content (AvgIpc) is 3.15. The normalized spacial score (nSPS) is 14.4. The molecule has 2 amide bonds. The molecule has 5 nitrogen and oxygen atoms in total. The Morgan fingerprint density at radius 3 is 2.38 bits per heavy atom. The van der Waals surface area contributed by atoms with Crippen LogP contribution in [-0.4, -0.2) is 54.9 Å². The van der Waals surface area contributed by atoms with Gasteiger partial charge in [0.15, 0.2) is 0 Å². The predicted molar refractivity (Wildman–Crippen MR) is 103 cm³/mol. The highest BCUT2D eigenvalue weighted by Gasteiger charge is 2.26. The van der Waals surface area contributed by atoms with Gasteiger partial charge in [-0.05, 0) is 48.6 Å². The van der Waals surface area contributed by atoms with Crippen molar-refractivity contribution < 1.29 is 14.3 Å². The average molecular weight is 372 g/mol. The van der Waals surface area contributed by atoms with Crippen LogP contribution in [0, 0.1) is 13.8 Å². The number of thiophene rings is 1. The number of carbonyl (C=O) groups excluding carboxylic acids is 2. The van der Waals surface area contributed by atoms with Crippen molar-refractivity contribution in [1.29, 1.82) is 0 Å². The molecule has 26 heavy (non-hydrogen) atoms. The van der Waals surface area contributed by atoms with E-state index in [9.17, 15) is 9.59 Å². The van der Waals surface area contributed by atoms with Gasteiger partial charge in [0, 0.05) is 36.6 Å². The van der Waals surface area contributed by atoms with Gasteiger partial charge in [-0.2, -0.15) is 0 Å². The number of ether oxygens (including phenoxy) is 1. The lowest BCUT2D eigenvalue weighted by molar-refractivity contribution is -0.131. The molecule has 0 aliphatic carbocycles. The molecule has 1 aliphatic rings. The van der Waals surface area contributed by atoms with Crippen LogP contribution in [0.3, 0.4) is 0 Å². The molecule has 2 aromatic rings. The minimum atomic E-state index is 0.0265. The van der Waals surface area contributed by atoms with Crippen molar-refractivity contribution >= 4 is 23.2 Å². The van der Waals surface area contributed by atoms with Crippen molar-refractivity contribution in [3.05, 3.63) is 51.2 Å². The van der Waals surface area contributed by atoms with Gasteiger partial charge < -0.3 is 14.5 Å². The van der Waals surface area contributed by atoms with E-state index in [1.807, 2.05) is 53.3 Å². The quantitative estimate of drug-likeness (QED) is 0.829. The zero-order chi connectivity index (χ0) is 18.7. The molecule has 0 atom stereocenters. The van der Waals surface area contributed by atoms with Gasteiger partial charge in [-0.15, -0.1) is 11.3 Å². The maximum Gasteiger partial charge on any atom is 0.254 e. The standard InChI is InChI=1S/C20H24N2O3S/c1-14-12-18(25-3)15(2)11-17(14)20(24)22-8-6-21(7-9-22)19(23)13-16-5-4-10-26-16/h4-5,10-12H,6-9,13H2,1-3H3. The Bertz CT molecular complexity index is 794. The fraction of sp³-hybridized carbons (Fsp3) is 0.400. The Balaban J connectivity index is 1.62. The number of nitrogens with zero attached hydrogens (tertiary/aromatic N) is 2. The van der Waals surface area contributed by atoms with Gasteiger partial charge in [0.05, 0.1) is 13.5 Å². The van der Waals surface area contributed by atoms with E-state index in [0.29, 0.717) is 38.2 Å². The Kier molecular flexibility index (Phi) is 5.61. The van der Waals surface area contributed by atoms with Crippen LogP contribution in [0.15, 0.2) is 29.6 Å². The minimum absolute atomic E-state index is 0.0265. The molecular weight excluding hydrogens is 348 g/mol. The molecule has 138 valence electrons. The Morgan fingerprint density at radius 2 is 1.77 bits per heavy atom. The molecule has 3 rings (SSSR count). The lowest BCUT2D eigenvalue weighted by Crippen LogP contribution is -2.51. The highest BCUT2D eigenvalue weighted by atomic mass is 32.1. The van der Waals surface area contributed by atoms with E-state index in [-0.39, 0.29) is 11.8 Å². The molecule has 1 aromatic heterocycles. The summed E-state index contributed by atoms with van der Waals surface area (Å²) in [5.41, 5.74) is 2.57. The van der Waals surface area contributed by atoms with Gasteiger partial charge in [-0.25, -0.2) is 0 Å². The molecule has 0 spiro atoms. The first-order valence-electron chi connectivity index (χ1n) is 8.74. The number of hydrogen-bond acceptors (Lipinski definition) is 4. The van der Waals surface area contributed by atoms with E-state index in [0.717, 1.165) is 21.8 Å². The fourth-order valence-corrected chi connectivity index (χ4v) is 3.94. The third-order valence-corrected chi connectivity index (χ3v) is 5.67. The molecule has 0 radical (unpaired) electrons. The maximum absolute atomic E-state index is 12.9. The van der Waals surface area contributed by atoms with Gasteiger partial charge in [0.1, 0.15) is 5.75 Å². The van der Waals surface area contributed by atoms with Crippen LogP contribution < -0.4 is 4.74 Å². The summed E-state index contributed by atoms with van der Waals surface area (Å²) in [7, 11) is 1.63. The number of hydrogen-bond donors (Lipinski definition) is 0. The molecule has 2 heterocycles. The van der Waals surface area contributed by atoms with Gasteiger partial charge in [-0.1, -0.05) is 6.07 Å². The minimum Gasteiger partial charge on any atom is -0.496 e. The number of methoxy groups -OCH3 is 1. The molecule has 0 N–H and O–H groups in total. The van der Waals surface area contributed by atoms with Crippen LogP contribution in [0.1, 0.15) is 26.4 Å². The molecule has 0 bridgehead atoms. The molecule has 0 unspecified atom stereocenters. The first kappa shape index (κ1) is 18.5. The summed E-state index contributed by atoms with van der Waals surface area (Å²) in [5.74, 6) is 0.956. The van der Waals surface area contributed by atoms with Crippen LogP contribution >= 0.6 is 11.3 Å². The van der Waals surface area contributed by atoms with Crippen LogP contribution in [0.2, 0.25) is 0 Å². The topological polar surface area (TPSA) is 49.9 Å². The molecule has 6 heteroatoms. The molecule has 0 saturated carbocycles. The van der Waals surface area contributed by atoms with E-state index in [1.54, 1.807) is 18.4 Å². The molecular formula is C20H24N2O3S. The number of rotatable bonds is 4. The zero-order valence-corrected chi connectivity index (χ0v) is 16.3. The highest BCUT2D eigenvalue weighted by molar-refractivity contribution is 7.10. The van der Waals surface area contributed by atoms with Crippen molar-refractivity contribution in [2.45, 2.75) is 20.3 Å². The van der Waals surface area contributed by atoms with Crippen molar-refractivity contribution in [2.75, 3.05) is 33.3 Å². The summed E-state index contributed by atoms with van der Waals surface area (Å²) < 4.78 is 5.32. The summed E-state index contributed by atoms with van der Waals surface area (Å²) in [6.45, 7) is 6.18. The van der Waals surface area contributed by atoms with Crippen molar-refractivity contribution in [1.82, 2.24) is 9.80 Å². The van der Waals surface area contributed by atoms with Gasteiger partial charge in [0.2, 0.25) is 5.91 Å². The lowest BCUT2D eigenvalue weighted by Gasteiger charge is -2.35. The van der Waals surface area contributed by atoms with E-state index in [2.05, 4.69) is 0 Å². The summed E-state index contributed by atoms with van der Waals surface area (Å²) in [4.78, 5) is 30.1. The van der Waals surface area contributed by atoms with E-state index >= 15 is 0 Å². The zero-order valence-electron chi connectivity index (χ0n) is 15.4. The monoisotopic (exact) mass is 372 g/mol. The maximum atomic E-state index is 12.9. The van der Waals surface area contributed by atoms with Gasteiger partial charge in [-0.3, -0.25) is 9.59 Å². The van der Waals surface area contributed by atoms with Crippen LogP contribution in [-0.2, 0) is 11.2 Å². The second kappa shape index (κ2) is 7.91. The summed E-state index contributed by atoms with van der Waals surface area (Å²) in [6.07, 6.45) is 0.447. The fourth-order valence-electron chi connectivity index (χ4n) is 3.24. The first-order chi connectivity index (χ1) is 12.5. The third kappa shape index (κ3) is 3.90. The largest absolute Gasteiger partial charge is 0.496 e. The van der Waals surface area contributed by atoms with Gasteiger partial charge >= 0.3 is 0 Å². The number of amides is 2. The molecule has 1 aliphatic heterocycles. The van der Waals surface area contributed by atoms with Crippen molar-refractivity contribution in [2.24, 2.45) is 0 Å². The van der Waals surface area contributed by atoms with E-state index in [1.165, 1.54) is 0 Å². The molecule has 1 fully saturated rings. The number of aryl methyl sites for hydroxylation is 2. The predicted octanol–water partition coefficient (Wildman–Crippen LogP) is 2.90. The highest BCUT2D eigenvalue weighted by Crippen LogP contribution is 2.24. The Morgan fingerprint density at radius 1 is 1.08 bits per heavy atom. The SMILES string of the molecule is COc1cc(C)c(C(=O)N2CCN(C(=O)Cc3cccs3)CC2)cc1C.